The second kappa shape index (κ2) is 9.56. The van der Waals surface area contributed by atoms with Crippen molar-refractivity contribution >= 4 is 46.5 Å². The molecular formula is C20H27ClN4O3S2. The fraction of sp³-hybridized carbons (Fsp3) is 0.650. The van der Waals surface area contributed by atoms with E-state index in [0.717, 1.165) is 31.6 Å². The van der Waals surface area contributed by atoms with E-state index >= 15 is 0 Å². The molecule has 3 aliphatic rings. The number of halogens is 1. The second-order valence-corrected chi connectivity index (χ2v) is 11.0. The van der Waals surface area contributed by atoms with Gasteiger partial charge in [-0.25, -0.2) is 4.98 Å². The Morgan fingerprint density at radius 2 is 2.17 bits per heavy atom. The molecule has 0 aromatic carbocycles. The lowest BCUT2D eigenvalue weighted by Gasteiger charge is -2.22. The summed E-state index contributed by atoms with van der Waals surface area (Å²) in [5.74, 6) is -0.0763. The summed E-state index contributed by atoms with van der Waals surface area (Å²) in [6.45, 7) is 2.88. The lowest BCUT2D eigenvalue weighted by atomic mass is 10.1. The van der Waals surface area contributed by atoms with Crippen molar-refractivity contribution in [2.45, 2.75) is 43.0 Å². The minimum absolute atomic E-state index is 0.0209. The Morgan fingerprint density at radius 1 is 1.37 bits per heavy atom. The van der Waals surface area contributed by atoms with Crippen LogP contribution in [0, 0.1) is 0 Å². The monoisotopic (exact) mass is 470 g/mol. The molecule has 0 bridgehead atoms. The molecule has 1 fully saturated rings. The number of thioether (sulfide) groups is 1. The molecule has 0 radical (unpaired) electrons. The third kappa shape index (κ3) is 4.85. The molecule has 3 aliphatic heterocycles. The first kappa shape index (κ1) is 22.1. The van der Waals surface area contributed by atoms with Crippen LogP contribution in [0.25, 0.3) is 0 Å². The third-order valence-corrected chi connectivity index (χ3v) is 8.48. The average molecular weight is 471 g/mol. The second-order valence-electron chi connectivity index (χ2n) is 8.05. The van der Waals surface area contributed by atoms with Gasteiger partial charge < -0.3 is 19.9 Å². The fourth-order valence-corrected chi connectivity index (χ4v) is 6.49. The van der Waals surface area contributed by atoms with Gasteiger partial charge >= 0.3 is 0 Å². The molecule has 0 spiro atoms. The molecule has 4 rings (SSSR count). The zero-order valence-electron chi connectivity index (χ0n) is 17.2. The number of carbonyl (C=O) groups excluding carboxylic acids is 2. The maximum Gasteiger partial charge on any atom is 0.283 e. The van der Waals surface area contributed by atoms with Crippen LogP contribution in [0.15, 0.2) is 10.4 Å². The van der Waals surface area contributed by atoms with Crippen LogP contribution in [0.1, 0.15) is 33.2 Å². The van der Waals surface area contributed by atoms with Gasteiger partial charge in [-0.2, -0.15) is 0 Å². The smallest absolute Gasteiger partial charge is 0.283 e. The number of allylic oxidation sites excluding steroid dienone is 1. The Kier molecular flexibility index (Phi) is 7.04. The largest absolute Gasteiger partial charge is 0.383 e. The molecule has 164 valence electrons. The number of fused-ring (bicyclic) bond motifs is 1. The summed E-state index contributed by atoms with van der Waals surface area (Å²) in [5, 5.41) is 3.48. The maximum atomic E-state index is 13.3. The Morgan fingerprint density at radius 3 is 2.90 bits per heavy atom. The number of nitrogens with zero attached hydrogens (tertiary/aromatic N) is 3. The Hall–Kier alpha value is -1.13. The number of hydrogen-bond donors (Lipinski definition) is 1. The zero-order chi connectivity index (χ0) is 21.3. The molecule has 30 heavy (non-hydrogen) atoms. The molecule has 1 unspecified atom stereocenters. The number of amides is 2. The minimum atomic E-state index is -0.184. The first-order valence-corrected chi connectivity index (χ1v) is 12.3. The van der Waals surface area contributed by atoms with Crippen molar-refractivity contribution in [1.82, 2.24) is 20.1 Å². The van der Waals surface area contributed by atoms with Crippen molar-refractivity contribution < 1.29 is 14.3 Å². The van der Waals surface area contributed by atoms with Crippen LogP contribution in [-0.2, 0) is 22.4 Å². The van der Waals surface area contributed by atoms with Crippen LogP contribution in [0.3, 0.4) is 0 Å². The predicted molar refractivity (Wildman–Crippen MR) is 120 cm³/mol. The molecule has 1 aromatic rings. The van der Waals surface area contributed by atoms with Gasteiger partial charge in [0.05, 0.1) is 28.0 Å². The van der Waals surface area contributed by atoms with E-state index in [-0.39, 0.29) is 29.1 Å². The van der Waals surface area contributed by atoms with Crippen LogP contribution in [0.5, 0.6) is 0 Å². The number of nitrogens with one attached hydrogen (secondary N) is 1. The van der Waals surface area contributed by atoms with Gasteiger partial charge in [0, 0.05) is 44.1 Å². The fourth-order valence-electron chi connectivity index (χ4n) is 4.20. The lowest BCUT2D eigenvalue weighted by molar-refractivity contribution is -0.121. The zero-order valence-corrected chi connectivity index (χ0v) is 19.6. The maximum absolute atomic E-state index is 13.3. The number of likely N-dealkylation sites (N-methyl/N-ethyl adjacent to an activating group) is 1. The summed E-state index contributed by atoms with van der Waals surface area (Å²) < 4.78 is 6.03. The molecule has 4 heterocycles. The molecule has 7 nitrogen and oxygen atoms in total. The van der Waals surface area contributed by atoms with E-state index in [1.807, 2.05) is 11.0 Å². The highest BCUT2D eigenvalue weighted by molar-refractivity contribution is 8.06. The number of thiazole rings is 1. The summed E-state index contributed by atoms with van der Waals surface area (Å²) >= 11 is 8.90. The van der Waals surface area contributed by atoms with E-state index in [9.17, 15) is 9.59 Å². The summed E-state index contributed by atoms with van der Waals surface area (Å²) in [7, 11) is 3.75. The van der Waals surface area contributed by atoms with Crippen LogP contribution in [-0.4, -0.2) is 84.3 Å². The highest BCUT2D eigenvalue weighted by Crippen LogP contribution is 2.35. The van der Waals surface area contributed by atoms with Crippen molar-refractivity contribution in [3.8, 4) is 0 Å². The van der Waals surface area contributed by atoms with Crippen molar-refractivity contribution in [3.05, 3.63) is 26.0 Å². The van der Waals surface area contributed by atoms with Gasteiger partial charge in [0.1, 0.15) is 0 Å². The Balaban J connectivity index is 1.42. The van der Waals surface area contributed by atoms with Crippen molar-refractivity contribution in [2.24, 2.45) is 0 Å². The van der Waals surface area contributed by atoms with Crippen LogP contribution in [0.2, 0.25) is 0 Å². The molecule has 3 atom stereocenters. The SMILES string of the molecule is COC[C@@H]1C[C@@H](NC(=O)C2CC=C(Cl)S2)CN1C(=O)c1nc2c(s1)CCN(C)CC2. The van der Waals surface area contributed by atoms with E-state index in [2.05, 4.69) is 22.2 Å². The number of methoxy groups -OCH3 is 1. The van der Waals surface area contributed by atoms with Crippen molar-refractivity contribution in [2.75, 3.05) is 40.4 Å². The molecule has 10 heteroatoms. The number of carbonyl (C=O) groups is 2. The average Bonchev–Trinajstić information content (AvgIpc) is 3.41. The van der Waals surface area contributed by atoms with Gasteiger partial charge in [-0.1, -0.05) is 17.7 Å². The third-order valence-electron chi connectivity index (χ3n) is 5.83. The molecular weight excluding hydrogens is 444 g/mol. The number of aromatic nitrogens is 1. The van der Waals surface area contributed by atoms with Gasteiger partial charge in [-0.15, -0.1) is 23.1 Å². The molecule has 1 N–H and O–H groups in total. The summed E-state index contributed by atoms with van der Waals surface area (Å²) in [6.07, 6.45) is 5.02. The summed E-state index contributed by atoms with van der Waals surface area (Å²) in [4.78, 5) is 35.9. The topological polar surface area (TPSA) is 74.8 Å². The number of ether oxygens (including phenoxy) is 1. The van der Waals surface area contributed by atoms with E-state index in [0.29, 0.717) is 35.4 Å². The van der Waals surface area contributed by atoms with E-state index in [4.69, 9.17) is 16.3 Å². The number of likely N-dealkylation sites (tertiary alicyclic amines) is 1. The molecule has 0 saturated carbocycles. The van der Waals surface area contributed by atoms with E-state index in [1.54, 1.807) is 7.11 Å². The van der Waals surface area contributed by atoms with Crippen LogP contribution >= 0.6 is 34.7 Å². The molecule has 1 aromatic heterocycles. The Bertz CT molecular complexity index is 821. The van der Waals surface area contributed by atoms with Gasteiger partial charge in [0.2, 0.25) is 5.91 Å². The van der Waals surface area contributed by atoms with Gasteiger partial charge in [0.25, 0.3) is 5.91 Å². The summed E-state index contributed by atoms with van der Waals surface area (Å²) in [6, 6.07) is -0.159. The normalized spacial score (nSPS) is 27.0. The first-order chi connectivity index (χ1) is 14.4. The van der Waals surface area contributed by atoms with Crippen molar-refractivity contribution in [1.29, 1.82) is 0 Å². The molecule has 2 amide bonds. The molecule has 0 aliphatic carbocycles. The highest BCUT2D eigenvalue weighted by atomic mass is 35.5. The van der Waals surface area contributed by atoms with Gasteiger partial charge in [-0.05, 0) is 26.3 Å². The minimum Gasteiger partial charge on any atom is -0.383 e. The standard InChI is InChI=1S/C20H27ClN4O3S2/c1-24-7-5-14-15(6-8-24)30-19(23-14)20(27)25-10-12(9-13(25)11-28-2)22-18(26)16-3-4-17(21)29-16/h4,12-13,16H,3,5-11H2,1-2H3,(H,22,26)/t12-,13+,16?/m1/s1. The van der Waals surface area contributed by atoms with Crippen LogP contribution in [0.4, 0.5) is 0 Å². The summed E-state index contributed by atoms with van der Waals surface area (Å²) in [5.41, 5.74) is 1.06. The first-order valence-electron chi connectivity index (χ1n) is 10.2. The van der Waals surface area contributed by atoms with E-state index < -0.39 is 0 Å². The van der Waals surface area contributed by atoms with Crippen LogP contribution < -0.4 is 5.32 Å². The predicted octanol–water partition coefficient (Wildman–Crippen LogP) is 2.10. The highest BCUT2D eigenvalue weighted by Gasteiger charge is 2.38. The van der Waals surface area contributed by atoms with Gasteiger partial charge in [0.15, 0.2) is 5.01 Å². The number of hydrogen-bond acceptors (Lipinski definition) is 7. The Labute approximate surface area is 190 Å². The number of rotatable bonds is 5. The van der Waals surface area contributed by atoms with E-state index in [1.165, 1.54) is 28.0 Å². The van der Waals surface area contributed by atoms with Gasteiger partial charge in [-0.3, -0.25) is 9.59 Å². The lowest BCUT2D eigenvalue weighted by Crippen LogP contribution is -2.42. The quantitative estimate of drug-likeness (QED) is 0.710. The van der Waals surface area contributed by atoms with Crippen molar-refractivity contribution in [3.63, 3.8) is 0 Å². The molecule has 1 saturated heterocycles.